The summed E-state index contributed by atoms with van der Waals surface area (Å²) < 4.78 is 18.4. The number of carbonyl (C=O) groups excluding carboxylic acids is 1. The third-order valence-electron chi connectivity index (χ3n) is 2.53. The van der Waals surface area contributed by atoms with E-state index in [4.69, 9.17) is 21.6 Å². The second-order valence-electron chi connectivity index (χ2n) is 4.08. The number of rotatable bonds is 4. The molecule has 0 aliphatic heterocycles. The topological polar surface area (TPSA) is 50.1 Å². The lowest BCUT2D eigenvalue weighted by Crippen LogP contribution is -2.31. The molecule has 0 bridgehead atoms. The zero-order valence-electron chi connectivity index (χ0n) is 10.2. The monoisotopic (exact) mass is 269 g/mol. The highest BCUT2D eigenvalue weighted by molar-refractivity contribution is 6.30. The molecule has 1 atom stereocenters. The van der Waals surface area contributed by atoms with Gasteiger partial charge in [0.15, 0.2) is 5.41 Å². The van der Waals surface area contributed by atoms with Crippen molar-refractivity contribution in [2.45, 2.75) is 20.3 Å². The molecule has 0 fully saturated rings. The van der Waals surface area contributed by atoms with Crippen molar-refractivity contribution in [2.75, 3.05) is 6.61 Å². The summed E-state index contributed by atoms with van der Waals surface area (Å²) in [6, 6.07) is 6.01. The lowest BCUT2D eigenvalue weighted by Gasteiger charge is -2.19. The maximum absolute atomic E-state index is 13.6. The van der Waals surface area contributed by atoms with Crippen LogP contribution in [0.5, 0.6) is 0 Å². The zero-order chi connectivity index (χ0) is 13.8. The van der Waals surface area contributed by atoms with Crippen molar-refractivity contribution in [1.29, 1.82) is 5.26 Å². The predicted octanol–water partition coefficient (Wildman–Crippen LogP) is 3.11. The number of carbonyl (C=O) groups is 1. The van der Waals surface area contributed by atoms with E-state index in [-0.39, 0.29) is 23.6 Å². The highest BCUT2D eigenvalue weighted by Gasteiger charge is 2.36. The van der Waals surface area contributed by atoms with Crippen molar-refractivity contribution in [2.24, 2.45) is 5.41 Å². The molecule has 18 heavy (non-hydrogen) atoms. The van der Waals surface area contributed by atoms with Gasteiger partial charge >= 0.3 is 5.97 Å². The second kappa shape index (κ2) is 5.83. The number of benzene rings is 1. The van der Waals surface area contributed by atoms with E-state index in [0.717, 1.165) is 6.07 Å². The molecule has 1 aromatic carbocycles. The molecule has 96 valence electrons. The highest BCUT2D eigenvalue weighted by Crippen LogP contribution is 2.26. The summed E-state index contributed by atoms with van der Waals surface area (Å²) in [5, 5.41) is 9.36. The molecule has 0 spiro atoms. The molecule has 1 unspecified atom stereocenters. The predicted molar refractivity (Wildman–Crippen MR) is 65.5 cm³/mol. The first kappa shape index (κ1) is 14.5. The maximum Gasteiger partial charge on any atom is 0.326 e. The Morgan fingerprint density at radius 3 is 2.78 bits per heavy atom. The first-order valence-corrected chi connectivity index (χ1v) is 5.83. The summed E-state index contributed by atoms with van der Waals surface area (Å²) in [6.45, 7) is 3.26. The number of ether oxygens (including phenoxy) is 1. The molecule has 0 aromatic heterocycles. The van der Waals surface area contributed by atoms with E-state index in [0.29, 0.717) is 0 Å². The summed E-state index contributed by atoms with van der Waals surface area (Å²) in [6.07, 6.45) is -0.0503. The quantitative estimate of drug-likeness (QED) is 0.789. The Morgan fingerprint density at radius 1 is 1.61 bits per heavy atom. The fourth-order valence-electron chi connectivity index (χ4n) is 1.49. The largest absolute Gasteiger partial charge is 0.465 e. The smallest absolute Gasteiger partial charge is 0.326 e. The molecule has 3 nitrogen and oxygen atoms in total. The van der Waals surface area contributed by atoms with Gasteiger partial charge in [-0.25, -0.2) is 4.39 Å². The second-order valence-corrected chi connectivity index (χ2v) is 4.51. The lowest BCUT2D eigenvalue weighted by atomic mass is 9.85. The molecule has 1 rings (SSSR count). The Morgan fingerprint density at radius 2 is 2.28 bits per heavy atom. The summed E-state index contributed by atoms with van der Waals surface area (Å²) in [7, 11) is 0. The van der Waals surface area contributed by atoms with Crippen LogP contribution in [0.3, 0.4) is 0 Å². The van der Waals surface area contributed by atoms with Crippen LogP contribution in [0.1, 0.15) is 19.4 Å². The van der Waals surface area contributed by atoms with E-state index >= 15 is 0 Å². The molecule has 0 saturated carbocycles. The van der Waals surface area contributed by atoms with Crippen molar-refractivity contribution >= 4 is 17.6 Å². The van der Waals surface area contributed by atoms with E-state index in [2.05, 4.69) is 0 Å². The number of hydrogen-bond donors (Lipinski definition) is 0. The third-order valence-corrected chi connectivity index (χ3v) is 2.77. The third kappa shape index (κ3) is 3.21. The summed E-state index contributed by atoms with van der Waals surface area (Å²) in [5.74, 6) is -1.19. The van der Waals surface area contributed by atoms with Crippen LogP contribution in [0.15, 0.2) is 18.2 Å². The van der Waals surface area contributed by atoms with E-state index in [1.165, 1.54) is 19.1 Å². The van der Waals surface area contributed by atoms with Crippen LogP contribution < -0.4 is 0 Å². The Kier molecular flexibility index (Phi) is 4.69. The average molecular weight is 270 g/mol. The van der Waals surface area contributed by atoms with Crippen LogP contribution in [0, 0.1) is 22.6 Å². The summed E-state index contributed by atoms with van der Waals surface area (Å²) in [4.78, 5) is 11.7. The van der Waals surface area contributed by atoms with Gasteiger partial charge in [0.2, 0.25) is 0 Å². The molecular weight excluding hydrogens is 257 g/mol. The van der Waals surface area contributed by atoms with Crippen LogP contribution in [-0.2, 0) is 16.0 Å². The minimum atomic E-state index is -1.40. The summed E-state index contributed by atoms with van der Waals surface area (Å²) in [5.41, 5.74) is -1.14. The van der Waals surface area contributed by atoms with Gasteiger partial charge in [-0.1, -0.05) is 17.7 Å². The number of esters is 1. The Hall–Kier alpha value is -1.60. The van der Waals surface area contributed by atoms with Gasteiger partial charge in [-0.2, -0.15) is 5.26 Å². The first-order valence-electron chi connectivity index (χ1n) is 5.45. The average Bonchev–Trinajstić information content (AvgIpc) is 2.33. The van der Waals surface area contributed by atoms with Crippen LogP contribution in [-0.4, -0.2) is 12.6 Å². The van der Waals surface area contributed by atoms with E-state index in [1.54, 1.807) is 6.92 Å². The number of nitrogens with zero attached hydrogens (tertiary/aromatic N) is 1. The van der Waals surface area contributed by atoms with Crippen molar-refractivity contribution in [3.8, 4) is 6.07 Å². The standard InChI is InChI=1S/C13H13ClFNO2/c1-3-18-12(17)13(2,8-16)7-9-4-5-10(14)6-11(9)15/h4-6H,3,7H2,1-2H3. The fraction of sp³-hybridized carbons (Fsp3) is 0.385. The normalized spacial score (nSPS) is 13.5. The van der Waals surface area contributed by atoms with Crippen LogP contribution in [0.25, 0.3) is 0 Å². The molecule has 0 N–H and O–H groups in total. The van der Waals surface area contributed by atoms with Crippen LogP contribution in [0.2, 0.25) is 5.02 Å². The molecule has 0 aliphatic rings. The molecular formula is C13H13ClFNO2. The Bertz CT molecular complexity index is 498. The molecule has 1 aromatic rings. The Labute approximate surface area is 110 Å². The van der Waals surface area contributed by atoms with Crippen LogP contribution >= 0.6 is 11.6 Å². The molecule has 0 aliphatic carbocycles. The minimum Gasteiger partial charge on any atom is -0.465 e. The SMILES string of the molecule is CCOC(=O)C(C)(C#N)Cc1ccc(Cl)cc1F. The number of nitriles is 1. The Balaban J connectivity index is 2.99. The minimum absolute atomic E-state index is 0.0503. The van der Waals surface area contributed by atoms with E-state index in [9.17, 15) is 9.18 Å². The van der Waals surface area contributed by atoms with Gasteiger partial charge in [0.25, 0.3) is 0 Å². The van der Waals surface area contributed by atoms with Gasteiger partial charge in [0.1, 0.15) is 5.82 Å². The van der Waals surface area contributed by atoms with Crippen LogP contribution in [0.4, 0.5) is 4.39 Å². The van der Waals surface area contributed by atoms with Crippen molar-refractivity contribution in [1.82, 2.24) is 0 Å². The van der Waals surface area contributed by atoms with Gasteiger partial charge in [-0.05, 0) is 31.5 Å². The highest BCUT2D eigenvalue weighted by atomic mass is 35.5. The first-order chi connectivity index (χ1) is 8.42. The van der Waals surface area contributed by atoms with Gasteiger partial charge in [-0.15, -0.1) is 0 Å². The maximum atomic E-state index is 13.6. The van der Waals surface area contributed by atoms with Crippen molar-refractivity contribution < 1.29 is 13.9 Å². The van der Waals surface area contributed by atoms with Crippen molar-refractivity contribution in [3.05, 3.63) is 34.6 Å². The lowest BCUT2D eigenvalue weighted by molar-refractivity contribution is -0.151. The molecule has 0 saturated heterocycles. The van der Waals surface area contributed by atoms with E-state index < -0.39 is 17.2 Å². The van der Waals surface area contributed by atoms with Gasteiger partial charge in [0, 0.05) is 11.4 Å². The van der Waals surface area contributed by atoms with Gasteiger partial charge < -0.3 is 4.74 Å². The van der Waals surface area contributed by atoms with E-state index in [1.807, 2.05) is 6.07 Å². The molecule has 0 radical (unpaired) electrons. The zero-order valence-corrected chi connectivity index (χ0v) is 10.9. The van der Waals surface area contributed by atoms with Gasteiger partial charge in [0.05, 0.1) is 12.7 Å². The molecule has 0 heterocycles. The van der Waals surface area contributed by atoms with Gasteiger partial charge in [-0.3, -0.25) is 4.79 Å². The number of hydrogen-bond acceptors (Lipinski definition) is 3. The molecule has 0 amide bonds. The summed E-state index contributed by atoms with van der Waals surface area (Å²) >= 11 is 5.64. The molecule has 5 heteroatoms. The van der Waals surface area contributed by atoms with Crippen molar-refractivity contribution in [3.63, 3.8) is 0 Å². The number of halogens is 2. The fourth-order valence-corrected chi connectivity index (χ4v) is 1.65.